The van der Waals surface area contributed by atoms with Crippen LogP contribution >= 0.6 is 11.6 Å². The van der Waals surface area contributed by atoms with Gasteiger partial charge in [-0.15, -0.1) is 0 Å². The minimum atomic E-state index is -0.675. The van der Waals surface area contributed by atoms with Crippen molar-refractivity contribution in [2.75, 3.05) is 5.32 Å². The SMILES string of the molecule is O=C(Nc1ccc(Cl)cc1F)c1ccc2c(=O)n(-c3ccccc3)c(=O)[nH]c2c1. The molecule has 0 saturated carbocycles. The highest BCUT2D eigenvalue weighted by molar-refractivity contribution is 6.30. The molecule has 1 heterocycles. The fourth-order valence-electron chi connectivity index (χ4n) is 2.96. The number of halogens is 2. The number of amides is 1. The molecular weight excluding hydrogens is 397 g/mol. The van der Waals surface area contributed by atoms with Gasteiger partial charge in [0.15, 0.2) is 0 Å². The first kappa shape index (κ1) is 18.6. The second-order valence-corrected chi connectivity index (χ2v) is 6.68. The van der Waals surface area contributed by atoms with Gasteiger partial charge in [0.1, 0.15) is 5.82 Å². The third kappa shape index (κ3) is 3.55. The number of carbonyl (C=O) groups is 1. The van der Waals surface area contributed by atoms with E-state index >= 15 is 0 Å². The van der Waals surface area contributed by atoms with Gasteiger partial charge in [0, 0.05) is 10.6 Å². The van der Waals surface area contributed by atoms with Crippen LogP contribution in [0.5, 0.6) is 0 Å². The van der Waals surface area contributed by atoms with Gasteiger partial charge in [-0.3, -0.25) is 9.59 Å². The minimum absolute atomic E-state index is 0.0347. The zero-order valence-electron chi connectivity index (χ0n) is 14.8. The number of benzene rings is 3. The Balaban J connectivity index is 1.74. The monoisotopic (exact) mass is 409 g/mol. The van der Waals surface area contributed by atoms with Crippen molar-refractivity contribution in [1.82, 2.24) is 9.55 Å². The van der Waals surface area contributed by atoms with Gasteiger partial charge in [0.05, 0.1) is 22.3 Å². The van der Waals surface area contributed by atoms with E-state index < -0.39 is 23.0 Å². The lowest BCUT2D eigenvalue weighted by Crippen LogP contribution is -2.33. The van der Waals surface area contributed by atoms with E-state index in [1.807, 2.05) is 0 Å². The Morgan fingerprint density at radius 3 is 2.48 bits per heavy atom. The van der Waals surface area contributed by atoms with Gasteiger partial charge < -0.3 is 10.3 Å². The molecule has 29 heavy (non-hydrogen) atoms. The van der Waals surface area contributed by atoms with Crippen LogP contribution in [0.2, 0.25) is 5.02 Å². The Labute approximate surface area is 168 Å². The van der Waals surface area contributed by atoms with Crippen LogP contribution < -0.4 is 16.6 Å². The fraction of sp³-hybridized carbons (Fsp3) is 0. The Hall–Kier alpha value is -3.71. The summed E-state index contributed by atoms with van der Waals surface area (Å²) >= 11 is 5.70. The number of hydrogen-bond acceptors (Lipinski definition) is 3. The number of aromatic amines is 1. The highest BCUT2D eigenvalue weighted by atomic mass is 35.5. The summed E-state index contributed by atoms with van der Waals surface area (Å²) in [5.41, 5.74) is -0.385. The first-order valence-electron chi connectivity index (χ1n) is 8.55. The summed E-state index contributed by atoms with van der Waals surface area (Å²) in [5, 5.41) is 2.88. The van der Waals surface area contributed by atoms with Crippen LogP contribution in [0.1, 0.15) is 10.4 Å². The minimum Gasteiger partial charge on any atom is -0.319 e. The molecule has 0 atom stereocenters. The molecule has 144 valence electrons. The van der Waals surface area contributed by atoms with E-state index in [0.717, 1.165) is 10.6 Å². The maximum atomic E-state index is 13.9. The van der Waals surface area contributed by atoms with E-state index in [2.05, 4.69) is 10.3 Å². The molecule has 3 aromatic carbocycles. The number of nitrogens with zero attached hydrogens (tertiary/aromatic N) is 1. The molecule has 0 aliphatic carbocycles. The zero-order valence-corrected chi connectivity index (χ0v) is 15.5. The molecule has 0 aliphatic heterocycles. The smallest absolute Gasteiger partial charge is 0.319 e. The first-order chi connectivity index (χ1) is 13.9. The molecule has 1 aromatic heterocycles. The van der Waals surface area contributed by atoms with E-state index in [1.165, 1.54) is 30.3 Å². The van der Waals surface area contributed by atoms with Gasteiger partial charge in [-0.25, -0.2) is 13.8 Å². The van der Waals surface area contributed by atoms with Crippen molar-refractivity contribution < 1.29 is 9.18 Å². The van der Waals surface area contributed by atoms with Crippen molar-refractivity contribution in [2.45, 2.75) is 0 Å². The number of aromatic nitrogens is 2. The number of nitrogens with one attached hydrogen (secondary N) is 2. The average Bonchev–Trinajstić information content (AvgIpc) is 2.70. The summed E-state index contributed by atoms with van der Waals surface area (Å²) in [6, 6.07) is 16.6. The maximum Gasteiger partial charge on any atom is 0.333 e. The molecule has 0 bridgehead atoms. The van der Waals surface area contributed by atoms with E-state index in [0.29, 0.717) is 5.69 Å². The highest BCUT2D eigenvalue weighted by Gasteiger charge is 2.14. The number of para-hydroxylation sites is 1. The molecule has 2 N–H and O–H groups in total. The molecule has 6 nitrogen and oxygen atoms in total. The predicted molar refractivity (Wildman–Crippen MR) is 110 cm³/mol. The van der Waals surface area contributed by atoms with Gasteiger partial charge in [-0.05, 0) is 48.5 Å². The van der Waals surface area contributed by atoms with Crippen LogP contribution in [0.4, 0.5) is 10.1 Å². The maximum absolute atomic E-state index is 13.9. The largest absolute Gasteiger partial charge is 0.333 e. The van der Waals surface area contributed by atoms with Crippen LogP contribution in [0.15, 0.2) is 76.3 Å². The third-order valence-corrected chi connectivity index (χ3v) is 4.59. The van der Waals surface area contributed by atoms with E-state index in [9.17, 15) is 18.8 Å². The molecule has 0 saturated heterocycles. The van der Waals surface area contributed by atoms with Crippen molar-refractivity contribution in [3.8, 4) is 5.69 Å². The molecular formula is C21H13ClFN3O3. The van der Waals surface area contributed by atoms with E-state index in [4.69, 9.17) is 11.6 Å². The molecule has 0 aliphatic rings. The van der Waals surface area contributed by atoms with Gasteiger partial charge >= 0.3 is 5.69 Å². The Morgan fingerprint density at radius 1 is 1.00 bits per heavy atom. The number of H-pyrrole nitrogens is 1. The molecule has 0 fully saturated rings. The lowest BCUT2D eigenvalue weighted by molar-refractivity contribution is 0.102. The van der Waals surface area contributed by atoms with Crippen molar-refractivity contribution in [3.63, 3.8) is 0 Å². The van der Waals surface area contributed by atoms with Crippen molar-refractivity contribution >= 4 is 34.1 Å². The van der Waals surface area contributed by atoms with Crippen LogP contribution in [-0.2, 0) is 0 Å². The van der Waals surface area contributed by atoms with Crippen LogP contribution in [0.3, 0.4) is 0 Å². The number of fused-ring (bicyclic) bond motifs is 1. The van der Waals surface area contributed by atoms with Crippen molar-refractivity contribution in [2.24, 2.45) is 0 Å². The summed E-state index contributed by atoms with van der Waals surface area (Å²) in [5.74, 6) is -1.27. The van der Waals surface area contributed by atoms with Gasteiger partial charge in [0.25, 0.3) is 11.5 Å². The molecule has 8 heteroatoms. The number of carbonyl (C=O) groups excluding carboxylic acids is 1. The van der Waals surface area contributed by atoms with Crippen LogP contribution in [-0.4, -0.2) is 15.5 Å². The fourth-order valence-corrected chi connectivity index (χ4v) is 3.11. The van der Waals surface area contributed by atoms with Crippen molar-refractivity contribution in [1.29, 1.82) is 0 Å². The average molecular weight is 410 g/mol. The van der Waals surface area contributed by atoms with Gasteiger partial charge in [-0.2, -0.15) is 0 Å². The summed E-state index contributed by atoms with van der Waals surface area (Å²) < 4.78 is 14.9. The topological polar surface area (TPSA) is 84.0 Å². The third-order valence-electron chi connectivity index (χ3n) is 4.35. The van der Waals surface area contributed by atoms with Gasteiger partial charge in [0.2, 0.25) is 0 Å². The molecule has 4 rings (SSSR count). The normalized spacial score (nSPS) is 10.8. The lowest BCUT2D eigenvalue weighted by Gasteiger charge is -2.09. The van der Waals surface area contributed by atoms with Crippen LogP contribution in [0, 0.1) is 5.82 Å². The predicted octanol–water partition coefficient (Wildman–Crippen LogP) is 3.72. The summed E-state index contributed by atoms with van der Waals surface area (Å²) in [7, 11) is 0. The standard InChI is InChI=1S/C21H13ClFN3O3/c22-13-7-9-17(16(23)11-13)24-19(27)12-6-8-15-18(10-12)25-21(29)26(20(15)28)14-4-2-1-3-5-14/h1-11H,(H,24,27)(H,25,29). The zero-order chi connectivity index (χ0) is 20.5. The number of rotatable bonds is 3. The lowest BCUT2D eigenvalue weighted by atomic mass is 10.1. The summed E-state index contributed by atoms with van der Waals surface area (Å²) in [4.78, 5) is 40.3. The Kier molecular flexibility index (Phi) is 4.74. The van der Waals surface area contributed by atoms with Crippen molar-refractivity contribution in [3.05, 3.63) is 104 Å². The molecule has 0 spiro atoms. The summed E-state index contributed by atoms with van der Waals surface area (Å²) in [6.45, 7) is 0. The molecule has 0 radical (unpaired) electrons. The quantitative estimate of drug-likeness (QED) is 0.541. The highest BCUT2D eigenvalue weighted by Crippen LogP contribution is 2.20. The van der Waals surface area contributed by atoms with E-state index in [1.54, 1.807) is 30.3 Å². The Bertz CT molecular complexity index is 1360. The van der Waals surface area contributed by atoms with Crippen LogP contribution in [0.25, 0.3) is 16.6 Å². The summed E-state index contributed by atoms with van der Waals surface area (Å²) in [6.07, 6.45) is 0. The molecule has 0 unspecified atom stereocenters. The van der Waals surface area contributed by atoms with Gasteiger partial charge in [-0.1, -0.05) is 29.8 Å². The first-order valence-corrected chi connectivity index (χ1v) is 8.93. The Morgan fingerprint density at radius 2 is 1.76 bits per heavy atom. The second-order valence-electron chi connectivity index (χ2n) is 6.24. The molecule has 1 amide bonds. The van der Waals surface area contributed by atoms with E-state index in [-0.39, 0.29) is 27.2 Å². The molecule has 4 aromatic rings. The number of anilines is 1. The second kappa shape index (κ2) is 7.37. The number of hydrogen-bond donors (Lipinski definition) is 2.